The summed E-state index contributed by atoms with van der Waals surface area (Å²) in [6, 6.07) is 15.9. The van der Waals surface area contributed by atoms with E-state index in [1.54, 1.807) is 7.11 Å². The molecule has 0 radical (unpaired) electrons. The normalized spacial score (nSPS) is 12.3. The Morgan fingerprint density at radius 1 is 1.10 bits per heavy atom. The summed E-state index contributed by atoms with van der Waals surface area (Å²) in [4.78, 5) is 4.51. The summed E-state index contributed by atoms with van der Waals surface area (Å²) in [6.45, 7) is 2.04. The van der Waals surface area contributed by atoms with Gasteiger partial charge in [-0.25, -0.2) is 0 Å². The number of rotatable bonds is 3. The fraction of sp³-hybridized carbons (Fsp3) is 0.167. The molecule has 3 rings (SSSR count). The molecule has 0 aliphatic carbocycles. The third kappa shape index (κ3) is 2.48. The van der Waals surface area contributed by atoms with Gasteiger partial charge < -0.3 is 10.5 Å². The number of nitrogens with two attached hydrogens (primary N) is 1. The first-order valence-corrected chi connectivity index (χ1v) is 6.94. The van der Waals surface area contributed by atoms with Gasteiger partial charge in [-0.2, -0.15) is 0 Å². The first kappa shape index (κ1) is 13.6. The first-order valence-electron chi connectivity index (χ1n) is 6.94. The van der Waals surface area contributed by atoms with Crippen LogP contribution in [0.3, 0.4) is 0 Å². The molecule has 0 fully saturated rings. The summed E-state index contributed by atoms with van der Waals surface area (Å²) < 4.78 is 5.25. The van der Waals surface area contributed by atoms with Crippen molar-refractivity contribution in [2.24, 2.45) is 5.73 Å². The minimum absolute atomic E-state index is 0.248. The number of hydrogen-bond donors (Lipinski definition) is 1. The van der Waals surface area contributed by atoms with E-state index in [1.165, 1.54) is 0 Å². The second-order valence-corrected chi connectivity index (χ2v) is 5.12. The first-order chi connectivity index (χ1) is 10.2. The zero-order chi connectivity index (χ0) is 14.8. The zero-order valence-corrected chi connectivity index (χ0v) is 12.2. The van der Waals surface area contributed by atoms with E-state index in [0.29, 0.717) is 0 Å². The van der Waals surface area contributed by atoms with Crippen molar-refractivity contribution in [1.29, 1.82) is 0 Å². The van der Waals surface area contributed by atoms with Gasteiger partial charge in [0, 0.05) is 11.6 Å². The van der Waals surface area contributed by atoms with Crippen LogP contribution in [0.2, 0.25) is 0 Å². The van der Waals surface area contributed by atoms with Crippen LogP contribution in [0.1, 0.15) is 22.9 Å². The molecule has 0 bridgehead atoms. The minimum Gasteiger partial charge on any atom is -0.497 e. The van der Waals surface area contributed by atoms with Crippen molar-refractivity contribution in [2.45, 2.75) is 13.0 Å². The largest absolute Gasteiger partial charge is 0.497 e. The molecule has 3 heteroatoms. The van der Waals surface area contributed by atoms with Crippen LogP contribution in [0.4, 0.5) is 0 Å². The molecule has 2 N–H and O–H groups in total. The second kappa shape index (κ2) is 5.54. The van der Waals surface area contributed by atoms with E-state index in [2.05, 4.69) is 17.1 Å². The standard InChI is InChI=1S/C18H18N2O/c1-12-11-14(21-2)7-8-15(12)17(19)18-16-6-4-3-5-13(16)9-10-20-18/h3-11,17H,19H2,1-2H3. The molecule has 106 valence electrons. The van der Waals surface area contributed by atoms with E-state index in [9.17, 15) is 0 Å². The van der Waals surface area contributed by atoms with Crippen LogP contribution < -0.4 is 10.5 Å². The van der Waals surface area contributed by atoms with Crippen LogP contribution in [-0.4, -0.2) is 12.1 Å². The Balaban J connectivity index is 2.10. The van der Waals surface area contributed by atoms with Gasteiger partial charge in [-0.05, 0) is 41.6 Å². The summed E-state index contributed by atoms with van der Waals surface area (Å²) in [6.07, 6.45) is 1.82. The molecule has 0 aliphatic rings. The van der Waals surface area contributed by atoms with Crippen LogP contribution in [0.5, 0.6) is 5.75 Å². The van der Waals surface area contributed by atoms with Crippen LogP contribution in [0.25, 0.3) is 10.8 Å². The molecule has 21 heavy (non-hydrogen) atoms. The lowest BCUT2D eigenvalue weighted by atomic mass is 9.96. The summed E-state index contributed by atoms with van der Waals surface area (Å²) in [5.74, 6) is 0.842. The Labute approximate surface area is 124 Å². The molecule has 1 aromatic heterocycles. The van der Waals surface area contributed by atoms with Crippen molar-refractivity contribution in [3.05, 3.63) is 71.5 Å². The Morgan fingerprint density at radius 2 is 1.90 bits per heavy atom. The van der Waals surface area contributed by atoms with Crippen molar-refractivity contribution in [3.8, 4) is 5.75 Å². The highest BCUT2D eigenvalue weighted by Gasteiger charge is 2.15. The van der Waals surface area contributed by atoms with Gasteiger partial charge in [0.15, 0.2) is 0 Å². The number of ether oxygens (including phenoxy) is 1. The Bertz CT molecular complexity index is 778. The fourth-order valence-electron chi connectivity index (χ4n) is 2.66. The van der Waals surface area contributed by atoms with Gasteiger partial charge in [-0.3, -0.25) is 4.98 Å². The Hall–Kier alpha value is -2.39. The number of fused-ring (bicyclic) bond motifs is 1. The molecule has 0 saturated carbocycles. The van der Waals surface area contributed by atoms with Gasteiger partial charge in [0.1, 0.15) is 5.75 Å². The van der Waals surface area contributed by atoms with Gasteiger partial charge in [0.2, 0.25) is 0 Å². The van der Waals surface area contributed by atoms with Crippen LogP contribution in [0.15, 0.2) is 54.7 Å². The molecule has 1 heterocycles. The average molecular weight is 278 g/mol. The molecule has 0 amide bonds. The van der Waals surface area contributed by atoms with E-state index in [4.69, 9.17) is 10.5 Å². The van der Waals surface area contributed by atoms with Crippen molar-refractivity contribution in [3.63, 3.8) is 0 Å². The van der Waals surface area contributed by atoms with E-state index in [1.807, 2.05) is 49.5 Å². The Kier molecular flexibility index (Phi) is 3.59. The highest BCUT2D eigenvalue weighted by atomic mass is 16.5. The van der Waals surface area contributed by atoms with Crippen LogP contribution >= 0.6 is 0 Å². The van der Waals surface area contributed by atoms with E-state index in [-0.39, 0.29) is 6.04 Å². The molecule has 1 unspecified atom stereocenters. The number of nitrogens with zero attached hydrogens (tertiary/aromatic N) is 1. The maximum Gasteiger partial charge on any atom is 0.119 e. The number of methoxy groups -OCH3 is 1. The lowest BCUT2D eigenvalue weighted by Gasteiger charge is -2.17. The van der Waals surface area contributed by atoms with Crippen molar-refractivity contribution < 1.29 is 4.74 Å². The fourth-order valence-corrected chi connectivity index (χ4v) is 2.66. The lowest BCUT2D eigenvalue weighted by Crippen LogP contribution is -2.15. The maximum absolute atomic E-state index is 6.47. The molecule has 1 atom stereocenters. The quantitative estimate of drug-likeness (QED) is 0.796. The zero-order valence-electron chi connectivity index (χ0n) is 12.2. The van der Waals surface area contributed by atoms with E-state index < -0.39 is 0 Å². The summed E-state index contributed by atoms with van der Waals surface area (Å²) >= 11 is 0. The van der Waals surface area contributed by atoms with Gasteiger partial charge in [-0.15, -0.1) is 0 Å². The topological polar surface area (TPSA) is 48.1 Å². The van der Waals surface area contributed by atoms with E-state index >= 15 is 0 Å². The van der Waals surface area contributed by atoms with Gasteiger partial charge in [0.05, 0.1) is 18.8 Å². The van der Waals surface area contributed by atoms with E-state index in [0.717, 1.165) is 33.3 Å². The molecular formula is C18H18N2O. The minimum atomic E-state index is -0.248. The average Bonchev–Trinajstić information content (AvgIpc) is 2.53. The highest BCUT2D eigenvalue weighted by molar-refractivity contribution is 5.85. The molecule has 0 spiro atoms. The molecule has 3 nitrogen and oxygen atoms in total. The molecular weight excluding hydrogens is 260 g/mol. The van der Waals surface area contributed by atoms with Crippen LogP contribution in [-0.2, 0) is 0 Å². The SMILES string of the molecule is COc1ccc(C(N)c2nccc3ccccc23)c(C)c1. The summed E-state index contributed by atoms with van der Waals surface area (Å²) in [7, 11) is 1.67. The predicted molar refractivity (Wildman–Crippen MR) is 85.5 cm³/mol. The lowest BCUT2D eigenvalue weighted by molar-refractivity contribution is 0.414. The van der Waals surface area contributed by atoms with Gasteiger partial charge in [-0.1, -0.05) is 30.3 Å². The monoisotopic (exact) mass is 278 g/mol. The summed E-state index contributed by atoms with van der Waals surface area (Å²) in [5.41, 5.74) is 9.55. The molecule has 0 saturated heterocycles. The smallest absolute Gasteiger partial charge is 0.119 e. The number of aromatic nitrogens is 1. The second-order valence-electron chi connectivity index (χ2n) is 5.12. The van der Waals surface area contributed by atoms with Gasteiger partial charge >= 0.3 is 0 Å². The number of aryl methyl sites for hydroxylation is 1. The van der Waals surface area contributed by atoms with Crippen molar-refractivity contribution in [2.75, 3.05) is 7.11 Å². The number of hydrogen-bond acceptors (Lipinski definition) is 3. The third-order valence-corrected chi connectivity index (χ3v) is 3.81. The number of pyridine rings is 1. The van der Waals surface area contributed by atoms with Gasteiger partial charge in [0.25, 0.3) is 0 Å². The predicted octanol–water partition coefficient (Wildman–Crippen LogP) is 3.60. The molecule has 2 aromatic carbocycles. The highest BCUT2D eigenvalue weighted by Crippen LogP contribution is 2.28. The number of benzene rings is 2. The molecule has 0 aliphatic heterocycles. The van der Waals surface area contributed by atoms with Crippen molar-refractivity contribution in [1.82, 2.24) is 4.98 Å². The van der Waals surface area contributed by atoms with Crippen LogP contribution in [0, 0.1) is 6.92 Å². The third-order valence-electron chi connectivity index (χ3n) is 3.81. The summed E-state index contributed by atoms with van der Waals surface area (Å²) in [5, 5.41) is 2.26. The van der Waals surface area contributed by atoms with Crippen molar-refractivity contribution >= 4 is 10.8 Å². The molecule has 3 aromatic rings. The maximum atomic E-state index is 6.47. The Morgan fingerprint density at radius 3 is 2.67 bits per heavy atom.